The molecule has 1 fully saturated rings. The monoisotopic (exact) mass is 437 g/mol. The Balaban J connectivity index is 1.42. The van der Waals surface area contributed by atoms with E-state index < -0.39 is 10.2 Å². The molecule has 29 heavy (non-hydrogen) atoms. The minimum Gasteiger partial charge on any atom is -0.492 e. The number of thioether (sulfide) groups is 1. The number of aromatic nitrogens is 2. The molecule has 0 spiro atoms. The molecule has 0 aliphatic carbocycles. The first-order valence-electron chi connectivity index (χ1n) is 8.51. The van der Waals surface area contributed by atoms with Gasteiger partial charge in [0.05, 0.1) is 10.2 Å². The first-order valence-corrected chi connectivity index (χ1v) is 9.77. The van der Waals surface area contributed by atoms with Crippen LogP contribution in [0.4, 0.5) is 10.5 Å². The van der Waals surface area contributed by atoms with E-state index in [1.807, 2.05) is 12.1 Å². The minimum absolute atomic E-state index is 0.153. The predicted octanol–water partition coefficient (Wildman–Crippen LogP) is 2.10. The number of halogens is 1. The number of nitro groups is 1. The fourth-order valence-electron chi connectivity index (χ4n) is 2.61. The van der Waals surface area contributed by atoms with E-state index in [0.717, 1.165) is 17.3 Å². The van der Waals surface area contributed by atoms with Gasteiger partial charge in [0.2, 0.25) is 11.1 Å². The lowest BCUT2D eigenvalue weighted by Crippen LogP contribution is -2.25. The van der Waals surface area contributed by atoms with Crippen molar-refractivity contribution in [3.63, 3.8) is 0 Å². The maximum Gasteiger partial charge on any atom is 0.329 e. The number of ether oxygens (including phenoxy) is 1. The Morgan fingerprint density at radius 2 is 2.03 bits per heavy atom. The molecule has 0 bridgehead atoms. The van der Waals surface area contributed by atoms with E-state index in [0.29, 0.717) is 25.3 Å². The van der Waals surface area contributed by atoms with Crippen LogP contribution in [0.5, 0.6) is 5.75 Å². The van der Waals surface area contributed by atoms with Crippen molar-refractivity contribution in [3.05, 3.63) is 57.1 Å². The summed E-state index contributed by atoms with van der Waals surface area (Å²) in [5.74, 6) is 0.378. The lowest BCUT2D eigenvalue weighted by atomic mass is 10.1. The van der Waals surface area contributed by atoms with Gasteiger partial charge in [0.25, 0.3) is 5.24 Å². The van der Waals surface area contributed by atoms with Crippen molar-refractivity contribution in [2.75, 3.05) is 13.2 Å². The van der Waals surface area contributed by atoms with Crippen molar-refractivity contribution in [1.29, 1.82) is 0 Å². The van der Waals surface area contributed by atoms with Crippen LogP contribution in [0.3, 0.4) is 0 Å². The molecule has 10 nitrogen and oxygen atoms in total. The summed E-state index contributed by atoms with van der Waals surface area (Å²) in [6.07, 6.45) is 1.64. The van der Waals surface area contributed by atoms with Crippen LogP contribution in [-0.4, -0.2) is 44.4 Å². The van der Waals surface area contributed by atoms with Crippen LogP contribution in [0, 0.1) is 10.1 Å². The summed E-state index contributed by atoms with van der Waals surface area (Å²) in [7, 11) is 0. The maximum atomic E-state index is 11.6. The van der Waals surface area contributed by atoms with Crippen molar-refractivity contribution in [3.8, 4) is 5.75 Å². The van der Waals surface area contributed by atoms with Crippen molar-refractivity contribution < 1.29 is 19.2 Å². The van der Waals surface area contributed by atoms with E-state index in [9.17, 15) is 19.7 Å². The van der Waals surface area contributed by atoms with Crippen LogP contribution in [0.15, 0.2) is 30.6 Å². The van der Waals surface area contributed by atoms with E-state index in [4.69, 9.17) is 16.3 Å². The van der Waals surface area contributed by atoms with Crippen LogP contribution in [-0.2, 0) is 17.8 Å². The van der Waals surface area contributed by atoms with Gasteiger partial charge in [0.15, 0.2) is 0 Å². The van der Waals surface area contributed by atoms with Gasteiger partial charge in [0, 0.05) is 13.1 Å². The van der Waals surface area contributed by atoms with Gasteiger partial charge in [-0.05, 0) is 24.1 Å². The lowest BCUT2D eigenvalue weighted by Gasteiger charge is -2.09. The van der Waals surface area contributed by atoms with Crippen molar-refractivity contribution in [2.24, 2.45) is 0 Å². The van der Waals surface area contributed by atoms with E-state index >= 15 is 0 Å². The van der Waals surface area contributed by atoms with Crippen LogP contribution >= 0.6 is 23.4 Å². The van der Waals surface area contributed by atoms with Crippen molar-refractivity contribution in [2.45, 2.75) is 18.2 Å². The number of benzene rings is 1. The average Bonchev–Trinajstić information content (AvgIpc) is 2.99. The number of hydrogen-bond donors (Lipinski definition) is 2. The molecule has 2 aromatic rings. The van der Waals surface area contributed by atoms with Crippen molar-refractivity contribution >= 4 is 40.2 Å². The second-order valence-corrected chi connectivity index (χ2v) is 7.51. The van der Waals surface area contributed by atoms with E-state index in [1.54, 1.807) is 12.1 Å². The molecule has 1 aliphatic heterocycles. The summed E-state index contributed by atoms with van der Waals surface area (Å²) >= 11 is 6.74. The normalized spacial score (nSPS) is 16.0. The quantitative estimate of drug-likeness (QED) is 0.261. The zero-order chi connectivity index (χ0) is 20.8. The van der Waals surface area contributed by atoms with Crippen molar-refractivity contribution in [1.82, 2.24) is 20.6 Å². The maximum absolute atomic E-state index is 11.6. The smallest absolute Gasteiger partial charge is 0.329 e. The number of amides is 2. The second kappa shape index (κ2) is 9.63. The third-order valence-corrected chi connectivity index (χ3v) is 5.25. The van der Waals surface area contributed by atoms with Crippen LogP contribution < -0.4 is 15.4 Å². The third kappa shape index (κ3) is 5.62. The van der Waals surface area contributed by atoms with Gasteiger partial charge in [-0.2, -0.15) is 0 Å². The highest BCUT2D eigenvalue weighted by Gasteiger charge is 2.31. The molecule has 152 valence electrons. The van der Waals surface area contributed by atoms with Crippen LogP contribution in [0.1, 0.15) is 11.3 Å². The van der Waals surface area contributed by atoms with Gasteiger partial charge in [-0.25, -0.2) is 9.97 Å². The summed E-state index contributed by atoms with van der Waals surface area (Å²) < 4.78 is 5.61. The number of carbonyl (C=O) groups excluding carboxylic acids is 2. The molecule has 1 aliphatic rings. The van der Waals surface area contributed by atoms with Gasteiger partial charge in [-0.15, -0.1) is 0 Å². The Morgan fingerprint density at radius 1 is 1.28 bits per heavy atom. The third-order valence-electron chi connectivity index (χ3n) is 3.99. The van der Waals surface area contributed by atoms with Crippen LogP contribution in [0.2, 0.25) is 5.15 Å². The molecule has 2 heterocycles. The zero-order valence-electron chi connectivity index (χ0n) is 15.0. The largest absolute Gasteiger partial charge is 0.492 e. The minimum atomic E-state index is -0.610. The highest BCUT2D eigenvalue weighted by Crippen LogP contribution is 2.25. The van der Waals surface area contributed by atoms with Gasteiger partial charge < -0.3 is 10.1 Å². The SMILES string of the molecule is O=C1NC(=O)C(Cc2ccc(OCCNCc3ncnc(Cl)c3[N+](=O)[O-])cc2)S1. The Kier molecular flexibility index (Phi) is 6.96. The van der Waals surface area contributed by atoms with E-state index in [-0.39, 0.29) is 34.2 Å². The zero-order valence-corrected chi connectivity index (χ0v) is 16.5. The molecule has 12 heteroatoms. The molecule has 2 amide bonds. The van der Waals surface area contributed by atoms with Gasteiger partial charge in [-0.1, -0.05) is 35.5 Å². The Labute approximate surface area is 174 Å². The number of nitrogens with one attached hydrogen (secondary N) is 2. The molecule has 3 rings (SSSR count). The Bertz CT molecular complexity index is 927. The first-order chi connectivity index (χ1) is 13.9. The molecular formula is C17H16ClN5O5S. The predicted molar refractivity (Wildman–Crippen MR) is 106 cm³/mol. The standard InChI is InChI=1S/C17H16ClN5O5S/c18-15-14(23(26)27)12(20-9-21-15)8-19-5-6-28-11-3-1-10(2-4-11)7-13-16(24)22-17(25)29-13/h1-4,9,13,19H,5-8H2,(H,22,24,25). The number of imide groups is 1. The molecule has 1 atom stereocenters. The number of rotatable bonds is 9. The van der Waals surface area contributed by atoms with Gasteiger partial charge in [0.1, 0.15) is 24.4 Å². The number of carbonyl (C=O) groups is 2. The topological polar surface area (TPSA) is 136 Å². The Hall–Kier alpha value is -2.76. The van der Waals surface area contributed by atoms with Crippen LogP contribution in [0.25, 0.3) is 0 Å². The molecule has 1 aromatic carbocycles. The molecule has 2 N–H and O–H groups in total. The fourth-order valence-corrected chi connectivity index (χ4v) is 3.69. The summed E-state index contributed by atoms with van der Waals surface area (Å²) in [6, 6.07) is 7.24. The highest BCUT2D eigenvalue weighted by atomic mass is 35.5. The molecule has 1 aromatic heterocycles. The van der Waals surface area contributed by atoms with E-state index in [2.05, 4.69) is 20.6 Å². The van der Waals surface area contributed by atoms with E-state index in [1.165, 1.54) is 6.33 Å². The van der Waals surface area contributed by atoms with Gasteiger partial charge >= 0.3 is 5.69 Å². The Morgan fingerprint density at radius 3 is 2.69 bits per heavy atom. The lowest BCUT2D eigenvalue weighted by molar-refractivity contribution is -0.386. The van der Waals surface area contributed by atoms with Gasteiger partial charge in [-0.3, -0.25) is 25.0 Å². The molecule has 0 radical (unpaired) electrons. The summed E-state index contributed by atoms with van der Waals surface area (Å²) in [5, 5.41) is 15.4. The summed E-state index contributed by atoms with van der Waals surface area (Å²) in [6.45, 7) is 0.920. The summed E-state index contributed by atoms with van der Waals surface area (Å²) in [4.78, 5) is 40.7. The molecule has 1 unspecified atom stereocenters. The fraction of sp³-hybridized carbons (Fsp3) is 0.294. The number of nitrogens with zero attached hydrogens (tertiary/aromatic N) is 3. The average molecular weight is 438 g/mol. The second-order valence-electron chi connectivity index (χ2n) is 5.97. The molecule has 1 saturated heterocycles. The summed E-state index contributed by atoms with van der Waals surface area (Å²) in [5.41, 5.74) is 0.811. The highest BCUT2D eigenvalue weighted by molar-refractivity contribution is 8.15. The number of hydrogen-bond acceptors (Lipinski definition) is 9. The molecule has 0 saturated carbocycles. The molecular weight excluding hydrogens is 422 g/mol. The first kappa shape index (κ1) is 21.0.